The van der Waals surface area contributed by atoms with Crippen molar-refractivity contribution in [2.45, 2.75) is 38.8 Å². The Hall–Kier alpha value is -3.38. The van der Waals surface area contributed by atoms with Crippen LogP contribution in [0.5, 0.6) is 5.75 Å². The molecule has 4 rings (SSSR count). The highest BCUT2D eigenvalue weighted by atomic mass is 19.1. The Balaban J connectivity index is 1.47. The predicted molar refractivity (Wildman–Crippen MR) is 138 cm³/mol. The van der Waals surface area contributed by atoms with Crippen LogP contribution < -0.4 is 15.0 Å². The molecule has 1 N–H and O–H groups in total. The molecule has 3 aromatic rings. The first-order chi connectivity index (χ1) is 17.1. The molecule has 184 valence electrons. The first-order valence-electron chi connectivity index (χ1n) is 12.3. The number of urea groups is 1. The molecule has 0 bridgehead atoms. The number of anilines is 1. The van der Waals surface area contributed by atoms with Gasteiger partial charge in [0, 0.05) is 18.8 Å². The van der Waals surface area contributed by atoms with Crippen LogP contribution >= 0.6 is 0 Å². The Morgan fingerprint density at radius 3 is 2.37 bits per heavy atom. The second kappa shape index (κ2) is 11.8. The van der Waals surface area contributed by atoms with E-state index in [0.29, 0.717) is 19.0 Å². The summed E-state index contributed by atoms with van der Waals surface area (Å²) in [7, 11) is 1.64. The molecule has 3 aromatic carbocycles. The van der Waals surface area contributed by atoms with E-state index in [1.54, 1.807) is 12.0 Å². The van der Waals surface area contributed by atoms with E-state index < -0.39 is 0 Å². The minimum Gasteiger partial charge on any atom is -0.497 e. The van der Waals surface area contributed by atoms with Gasteiger partial charge < -0.3 is 10.1 Å². The third-order valence-electron chi connectivity index (χ3n) is 6.69. The zero-order valence-corrected chi connectivity index (χ0v) is 20.5. The van der Waals surface area contributed by atoms with Crippen LogP contribution in [0.15, 0.2) is 72.8 Å². The number of carbonyl (C=O) groups excluding carboxylic acids is 1. The molecule has 0 saturated carbocycles. The monoisotopic (exact) mass is 475 g/mol. The summed E-state index contributed by atoms with van der Waals surface area (Å²) in [5.74, 6) is 1.01. The summed E-state index contributed by atoms with van der Waals surface area (Å²) >= 11 is 0. The number of hydrogen-bond acceptors (Lipinski definition) is 3. The number of benzene rings is 3. The van der Waals surface area contributed by atoms with Crippen LogP contribution in [0, 0.1) is 5.82 Å². The zero-order valence-electron chi connectivity index (χ0n) is 20.5. The third kappa shape index (κ3) is 6.40. The van der Waals surface area contributed by atoms with Crippen LogP contribution in [0.2, 0.25) is 0 Å². The van der Waals surface area contributed by atoms with Crippen molar-refractivity contribution in [1.29, 1.82) is 0 Å². The molecule has 35 heavy (non-hydrogen) atoms. The molecule has 1 fully saturated rings. The molecule has 6 heteroatoms. The van der Waals surface area contributed by atoms with E-state index in [9.17, 15) is 9.18 Å². The summed E-state index contributed by atoms with van der Waals surface area (Å²) in [5.41, 5.74) is 4.46. The fraction of sp³-hybridized carbons (Fsp3) is 0.345. The predicted octanol–water partition coefficient (Wildman–Crippen LogP) is 5.95. The lowest BCUT2D eigenvalue weighted by molar-refractivity contribution is 0.204. The van der Waals surface area contributed by atoms with Gasteiger partial charge in [0.2, 0.25) is 0 Å². The summed E-state index contributed by atoms with van der Waals surface area (Å²) < 4.78 is 18.5. The topological polar surface area (TPSA) is 44.8 Å². The van der Waals surface area contributed by atoms with Gasteiger partial charge in [0.05, 0.1) is 13.7 Å². The standard InChI is InChI=1S/C29H34FN3O2/c1-3-31-29(34)33(26-12-14-27(35-2)15-13-26)21-24-6-4-5-7-28(24)23-16-18-32(19-17-23)20-22-8-10-25(30)11-9-22/h4-15,23H,3,16-21H2,1-2H3,(H,31,34). The number of amides is 2. The molecule has 1 aliphatic heterocycles. The molecular formula is C29H34FN3O2. The van der Waals surface area contributed by atoms with Gasteiger partial charge in [0.1, 0.15) is 11.6 Å². The number of rotatable bonds is 8. The maximum absolute atomic E-state index is 13.2. The van der Waals surface area contributed by atoms with Crippen molar-refractivity contribution in [2.75, 3.05) is 31.6 Å². The van der Waals surface area contributed by atoms with Crippen LogP contribution in [0.1, 0.15) is 42.4 Å². The molecule has 2 amide bonds. The maximum atomic E-state index is 13.2. The normalized spacial score (nSPS) is 14.5. The van der Waals surface area contributed by atoms with E-state index in [2.05, 4.69) is 28.4 Å². The Bertz CT molecular complexity index is 1090. The van der Waals surface area contributed by atoms with E-state index in [4.69, 9.17) is 4.74 Å². The summed E-state index contributed by atoms with van der Waals surface area (Å²) in [6.07, 6.45) is 2.11. The molecular weight excluding hydrogens is 441 g/mol. The molecule has 1 aliphatic rings. The highest BCUT2D eigenvalue weighted by Crippen LogP contribution is 2.32. The Morgan fingerprint density at radius 2 is 1.71 bits per heavy atom. The molecule has 0 radical (unpaired) electrons. The zero-order chi connectivity index (χ0) is 24.6. The Kier molecular flexibility index (Phi) is 8.37. The van der Waals surface area contributed by atoms with Crippen molar-refractivity contribution >= 4 is 11.7 Å². The lowest BCUT2D eigenvalue weighted by Crippen LogP contribution is -2.40. The number of piperidine rings is 1. The third-order valence-corrected chi connectivity index (χ3v) is 6.69. The maximum Gasteiger partial charge on any atom is 0.322 e. The average molecular weight is 476 g/mol. The number of halogens is 1. The smallest absolute Gasteiger partial charge is 0.322 e. The summed E-state index contributed by atoms with van der Waals surface area (Å²) in [6, 6.07) is 22.8. The molecule has 5 nitrogen and oxygen atoms in total. The van der Waals surface area contributed by atoms with Crippen LogP contribution in [0.25, 0.3) is 0 Å². The molecule has 0 spiro atoms. The quantitative estimate of drug-likeness (QED) is 0.438. The van der Waals surface area contributed by atoms with Gasteiger partial charge in [0.25, 0.3) is 0 Å². The van der Waals surface area contributed by atoms with Gasteiger partial charge in [-0.05, 0) is 91.9 Å². The molecule has 0 atom stereocenters. The minimum absolute atomic E-state index is 0.110. The number of ether oxygens (including phenoxy) is 1. The lowest BCUT2D eigenvalue weighted by Gasteiger charge is -2.33. The molecule has 1 heterocycles. The number of hydrogen-bond donors (Lipinski definition) is 1. The van der Waals surface area contributed by atoms with Crippen molar-refractivity contribution in [1.82, 2.24) is 10.2 Å². The number of likely N-dealkylation sites (tertiary alicyclic amines) is 1. The van der Waals surface area contributed by atoms with Gasteiger partial charge in [-0.15, -0.1) is 0 Å². The average Bonchev–Trinajstić information content (AvgIpc) is 2.89. The van der Waals surface area contributed by atoms with Gasteiger partial charge in [0.15, 0.2) is 0 Å². The van der Waals surface area contributed by atoms with Crippen LogP contribution in [-0.2, 0) is 13.1 Å². The van der Waals surface area contributed by atoms with Gasteiger partial charge in [-0.1, -0.05) is 36.4 Å². The van der Waals surface area contributed by atoms with Gasteiger partial charge >= 0.3 is 6.03 Å². The largest absolute Gasteiger partial charge is 0.497 e. The van der Waals surface area contributed by atoms with E-state index in [1.807, 2.05) is 49.4 Å². The highest BCUT2D eigenvalue weighted by molar-refractivity contribution is 5.92. The fourth-order valence-corrected chi connectivity index (χ4v) is 4.79. The highest BCUT2D eigenvalue weighted by Gasteiger charge is 2.24. The minimum atomic E-state index is -0.194. The first kappa shape index (κ1) is 24.7. The van der Waals surface area contributed by atoms with Crippen LogP contribution in [0.3, 0.4) is 0 Å². The second-order valence-corrected chi connectivity index (χ2v) is 9.00. The molecule has 1 saturated heterocycles. The molecule has 0 aromatic heterocycles. The van der Waals surface area contributed by atoms with Gasteiger partial charge in [-0.25, -0.2) is 9.18 Å². The Labute approximate surface area is 207 Å². The number of methoxy groups -OCH3 is 1. The number of carbonyl (C=O) groups is 1. The summed E-state index contributed by atoms with van der Waals surface area (Å²) in [6.45, 7) is 5.84. The van der Waals surface area contributed by atoms with Crippen LogP contribution in [0.4, 0.5) is 14.9 Å². The van der Waals surface area contributed by atoms with Gasteiger partial charge in [-0.2, -0.15) is 0 Å². The van der Waals surface area contributed by atoms with Crippen molar-refractivity contribution in [3.8, 4) is 5.75 Å². The summed E-state index contributed by atoms with van der Waals surface area (Å²) in [4.78, 5) is 17.2. The van der Waals surface area contributed by atoms with Gasteiger partial charge in [-0.3, -0.25) is 9.80 Å². The van der Waals surface area contributed by atoms with Crippen molar-refractivity contribution in [3.05, 3.63) is 95.3 Å². The van der Waals surface area contributed by atoms with E-state index in [1.165, 1.54) is 23.3 Å². The fourth-order valence-electron chi connectivity index (χ4n) is 4.79. The number of nitrogens with zero attached hydrogens (tertiary/aromatic N) is 2. The van der Waals surface area contributed by atoms with Crippen LogP contribution in [-0.4, -0.2) is 37.7 Å². The molecule has 0 aliphatic carbocycles. The second-order valence-electron chi connectivity index (χ2n) is 9.00. The number of nitrogens with one attached hydrogen (secondary N) is 1. The van der Waals surface area contributed by atoms with Crippen molar-refractivity contribution < 1.29 is 13.9 Å². The lowest BCUT2D eigenvalue weighted by atomic mass is 9.86. The van der Waals surface area contributed by atoms with Crippen molar-refractivity contribution in [2.24, 2.45) is 0 Å². The van der Waals surface area contributed by atoms with E-state index in [-0.39, 0.29) is 11.8 Å². The van der Waals surface area contributed by atoms with Crippen molar-refractivity contribution in [3.63, 3.8) is 0 Å². The SMILES string of the molecule is CCNC(=O)N(Cc1ccccc1C1CCN(Cc2ccc(F)cc2)CC1)c1ccc(OC)cc1. The van der Waals surface area contributed by atoms with E-state index in [0.717, 1.165) is 49.5 Å². The Morgan fingerprint density at radius 1 is 1.03 bits per heavy atom. The van der Waals surface area contributed by atoms with E-state index >= 15 is 0 Å². The molecule has 0 unspecified atom stereocenters. The first-order valence-corrected chi connectivity index (χ1v) is 12.3. The summed E-state index contributed by atoms with van der Waals surface area (Å²) in [5, 5.41) is 2.95.